The zero-order chi connectivity index (χ0) is 15.6. The van der Waals surface area contributed by atoms with Gasteiger partial charge in [-0.2, -0.15) is 4.98 Å². The van der Waals surface area contributed by atoms with Crippen LogP contribution >= 0.6 is 15.9 Å². The van der Waals surface area contributed by atoms with Crippen molar-refractivity contribution in [3.05, 3.63) is 56.4 Å². The Kier molecular flexibility index (Phi) is 4.13. The summed E-state index contributed by atoms with van der Waals surface area (Å²) < 4.78 is 18.4. The molecule has 1 heterocycles. The van der Waals surface area contributed by atoms with Crippen LogP contribution in [-0.2, 0) is 0 Å². The number of benzene rings is 1. The molecule has 1 aromatic carbocycles. The van der Waals surface area contributed by atoms with E-state index in [1.807, 2.05) is 0 Å². The normalized spacial score (nSPS) is 10.2. The second-order valence-corrected chi connectivity index (χ2v) is 4.61. The Morgan fingerprint density at radius 3 is 2.67 bits per heavy atom. The lowest BCUT2D eigenvalue weighted by molar-refractivity contribution is -0.386. The van der Waals surface area contributed by atoms with E-state index in [4.69, 9.17) is 9.84 Å². The van der Waals surface area contributed by atoms with Gasteiger partial charge >= 0.3 is 17.5 Å². The zero-order valence-electron chi connectivity index (χ0n) is 10.1. The van der Waals surface area contributed by atoms with Crippen molar-refractivity contribution >= 4 is 27.6 Å². The topological polar surface area (TPSA) is 103 Å². The summed E-state index contributed by atoms with van der Waals surface area (Å²) >= 11 is 3.03. The summed E-state index contributed by atoms with van der Waals surface area (Å²) in [7, 11) is 0. The Bertz CT molecular complexity index is 738. The molecule has 0 saturated carbocycles. The summed E-state index contributed by atoms with van der Waals surface area (Å²) in [5.74, 6) is -2.31. The Hall–Kier alpha value is -2.55. The number of nitro groups is 1. The first-order valence-corrected chi connectivity index (χ1v) is 6.19. The molecule has 0 radical (unpaired) electrons. The summed E-state index contributed by atoms with van der Waals surface area (Å²) in [6.07, 6.45) is 0. The van der Waals surface area contributed by atoms with E-state index < -0.39 is 34.0 Å². The van der Waals surface area contributed by atoms with Crippen molar-refractivity contribution in [1.82, 2.24) is 4.98 Å². The van der Waals surface area contributed by atoms with Crippen LogP contribution in [0.5, 0.6) is 11.6 Å². The number of hydrogen-bond donors (Lipinski definition) is 1. The minimum atomic E-state index is -1.35. The van der Waals surface area contributed by atoms with Gasteiger partial charge in [-0.15, -0.1) is 0 Å². The molecule has 0 aliphatic rings. The molecule has 0 aliphatic carbocycles. The minimum Gasteiger partial charge on any atom is -0.477 e. The molecular formula is C12H6BrFN2O5. The summed E-state index contributed by atoms with van der Waals surface area (Å²) in [4.78, 5) is 24.6. The number of pyridine rings is 1. The number of carboxylic acid groups (broad SMARTS) is 1. The van der Waals surface area contributed by atoms with E-state index in [9.17, 15) is 19.3 Å². The predicted octanol–water partition coefficient (Wildman–Crippen LogP) is 3.38. The Labute approximate surface area is 125 Å². The Morgan fingerprint density at radius 1 is 1.38 bits per heavy atom. The SMILES string of the molecule is O=C(O)c1ccc([N+](=O)[O-])c(Oc2ccc(F)cc2Br)n1. The number of halogens is 2. The van der Waals surface area contributed by atoms with Gasteiger partial charge in [-0.1, -0.05) is 0 Å². The maximum absolute atomic E-state index is 13.0. The molecule has 0 bridgehead atoms. The monoisotopic (exact) mass is 356 g/mol. The molecule has 2 rings (SSSR count). The molecule has 1 N–H and O–H groups in total. The average Bonchev–Trinajstić information content (AvgIpc) is 2.41. The number of aromatic nitrogens is 1. The molecule has 0 spiro atoms. The third-order valence-electron chi connectivity index (χ3n) is 2.36. The first kappa shape index (κ1) is 14.9. The lowest BCUT2D eigenvalue weighted by Crippen LogP contribution is -2.04. The van der Waals surface area contributed by atoms with Crippen LogP contribution in [0.25, 0.3) is 0 Å². The number of aromatic carboxylic acids is 1. The number of carboxylic acids is 1. The summed E-state index contributed by atoms with van der Waals surface area (Å²) in [6.45, 7) is 0. The molecule has 0 saturated heterocycles. The maximum Gasteiger partial charge on any atom is 0.354 e. The molecule has 0 fully saturated rings. The first-order valence-electron chi connectivity index (χ1n) is 5.40. The van der Waals surface area contributed by atoms with Crippen LogP contribution < -0.4 is 4.74 Å². The molecule has 0 aliphatic heterocycles. The fraction of sp³-hybridized carbons (Fsp3) is 0. The molecular weight excluding hydrogens is 351 g/mol. The standard InChI is InChI=1S/C12H6BrFN2O5/c13-7-5-6(14)1-4-10(7)21-11-9(16(19)20)3-2-8(15-11)12(17)18/h1-5H,(H,17,18). The third-order valence-corrected chi connectivity index (χ3v) is 2.98. The highest BCUT2D eigenvalue weighted by atomic mass is 79.9. The van der Waals surface area contributed by atoms with Crippen LogP contribution in [0.15, 0.2) is 34.8 Å². The zero-order valence-corrected chi connectivity index (χ0v) is 11.7. The lowest BCUT2D eigenvalue weighted by atomic mass is 10.3. The largest absolute Gasteiger partial charge is 0.477 e. The van der Waals surface area contributed by atoms with Crippen molar-refractivity contribution in [2.24, 2.45) is 0 Å². The van der Waals surface area contributed by atoms with E-state index in [1.165, 1.54) is 6.07 Å². The second kappa shape index (κ2) is 5.83. The number of ether oxygens (including phenoxy) is 1. The van der Waals surface area contributed by atoms with Crippen molar-refractivity contribution in [3.8, 4) is 11.6 Å². The van der Waals surface area contributed by atoms with Crippen molar-refractivity contribution in [1.29, 1.82) is 0 Å². The van der Waals surface area contributed by atoms with Crippen LogP contribution in [0.3, 0.4) is 0 Å². The fourth-order valence-electron chi connectivity index (χ4n) is 1.43. The van der Waals surface area contributed by atoms with Crippen molar-refractivity contribution in [2.75, 3.05) is 0 Å². The molecule has 2 aromatic rings. The molecule has 9 heteroatoms. The van der Waals surface area contributed by atoms with Gasteiger partial charge < -0.3 is 9.84 Å². The number of carbonyl (C=O) groups is 1. The highest BCUT2D eigenvalue weighted by Crippen LogP contribution is 2.34. The van der Waals surface area contributed by atoms with Crippen molar-refractivity contribution < 1.29 is 24.0 Å². The molecule has 7 nitrogen and oxygen atoms in total. The highest BCUT2D eigenvalue weighted by Gasteiger charge is 2.21. The van der Waals surface area contributed by atoms with Gasteiger partial charge in [-0.25, -0.2) is 9.18 Å². The van der Waals surface area contributed by atoms with Gasteiger partial charge in [-0.05, 0) is 40.2 Å². The quantitative estimate of drug-likeness (QED) is 0.665. The van der Waals surface area contributed by atoms with Crippen LogP contribution in [0.1, 0.15) is 10.5 Å². The van der Waals surface area contributed by atoms with Gasteiger partial charge in [0.1, 0.15) is 11.6 Å². The van der Waals surface area contributed by atoms with Gasteiger partial charge in [-0.3, -0.25) is 10.1 Å². The highest BCUT2D eigenvalue weighted by molar-refractivity contribution is 9.10. The minimum absolute atomic E-state index is 0.0644. The Balaban J connectivity index is 2.48. The smallest absolute Gasteiger partial charge is 0.354 e. The van der Waals surface area contributed by atoms with Crippen molar-refractivity contribution in [3.63, 3.8) is 0 Å². The lowest BCUT2D eigenvalue weighted by Gasteiger charge is -2.07. The second-order valence-electron chi connectivity index (χ2n) is 3.76. The summed E-state index contributed by atoms with van der Waals surface area (Å²) in [5, 5.41) is 19.7. The third kappa shape index (κ3) is 3.31. The molecule has 0 unspecified atom stereocenters. The number of rotatable bonds is 4. The van der Waals surface area contributed by atoms with Gasteiger partial charge in [0.25, 0.3) is 0 Å². The average molecular weight is 357 g/mol. The van der Waals surface area contributed by atoms with Gasteiger partial charge in [0.2, 0.25) is 0 Å². The maximum atomic E-state index is 13.0. The van der Waals surface area contributed by atoms with Crippen molar-refractivity contribution in [2.45, 2.75) is 0 Å². The fourth-order valence-corrected chi connectivity index (χ4v) is 1.86. The number of hydrogen-bond acceptors (Lipinski definition) is 5. The van der Waals surface area contributed by atoms with E-state index in [2.05, 4.69) is 20.9 Å². The van der Waals surface area contributed by atoms with Gasteiger partial charge in [0, 0.05) is 6.07 Å². The molecule has 0 atom stereocenters. The van der Waals surface area contributed by atoms with E-state index in [1.54, 1.807) is 0 Å². The predicted molar refractivity (Wildman–Crippen MR) is 72.0 cm³/mol. The van der Waals surface area contributed by atoms with E-state index in [0.29, 0.717) is 0 Å². The van der Waals surface area contributed by atoms with Crippen LogP contribution in [-0.4, -0.2) is 21.0 Å². The van der Waals surface area contributed by atoms with Gasteiger partial charge in [0.05, 0.1) is 9.40 Å². The van der Waals surface area contributed by atoms with E-state index >= 15 is 0 Å². The Morgan fingerprint density at radius 2 is 2.10 bits per heavy atom. The first-order chi connectivity index (χ1) is 9.88. The van der Waals surface area contributed by atoms with E-state index in [0.717, 1.165) is 24.3 Å². The van der Waals surface area contributed by atoms with Crippen LogP contribution in [0.4, 0.5) is 10.1 Å². The van der Waals surface area contributed by atoms with Crippen LogP contribution in [0.2, 0.25) is 0 Å². The molecule has 21 heavy (non-hydrogen) atoms. The van der Waals surface area contributed by atoms with Gasteiger partial charge in [0.15, 0.2) is 5.69 Å². The van der Waals surface area contributed by atoms with Crippen LogP contribution in [0, 0.1) is 15.9 Å². The molecule has 108 valence electrons. The summed E-state index contributed by atoms with van der Waals surface area (Å²) in [5.41, 5.74) is -0.912. The molecule has 0 amide bonds. The number of nitrogens with zero attached hydrogens (tertiary/aromatic N) is 2. The molecule has 1 aromatic heterocycles. The summed E-state index contributed by atoms with van der Waals surface area (Å²) in [6, 6.07) is 5.39. The van der Waals surface area contributed by atoms with E-state index in [-0.39, 0.29) is 10.2 Å².